The molecule has 0 aromatic heterocycles. The Bertz CT molecular complexity index is 1770. The van der Waals surface area contributed by atoms with Crippen LogP contribution in [0, 0.1) is 23.7 Å². The summed E-state index contributed by atoms with van der Waals surface area (Å²) in [5.74, 6) is 0.882. The maximum atomic E-state index is 13.0. The molecule has 4 unspecified atom stereocenters. The first-order valence-corrected chi connectivity index (χ1v) is 39.3. The first-order valence-electron chi connectivity index (χ1n) is 36.3. The molecule has 528 valence electrons. The van der Waals surface area contributed by atoms with Gasteiger partial charge in [-0.3, -0.25) is 37.3 Å². The molecule has 3 N–H and O–H groups in total. The third kappa shape index (κ3) is 62.0. The Morgan fingerprint density at radius 2 is 0.539 bits per heavy atom. The first kappa shape index (κ1) is 87.1. The summed E-state index contributed by atoms with van der Waals surface area (Å²) < 4.78 is 68.3. The van der Waals surface area contributed by atoms with Crippen molar-refractivity contribution in [3.63, 3.8) is 0 Å². The standard InChI is InChI=1S/C70H136O17P2/c1-9-62(7)48-40-32-24-19-21-27-37-45-53-70(75)87-66(57-81-68(73)51-43-35-29-28-33-41-49-63(8)10-2)59-85-89(78,79)83-55-64(71)54-82-88(76,77)84-58-65(56-80-67(72)50-42-34-25-20-18-23-31-39-47-61(5)6)86-69(74)52-44-36-26-17-15-13-11-12-14-16-22-30-38-46-60(3)4/h60-66,71H,9-59H2,1-8H3,(H,76,77)(H,78,79)/t62?,63?,64-,65-,66-/m1/s1. The lowest BCUT2D eigenvalue weighted by Gasteiger charge is -2.21. The van der Waals surface area contributed by atoms with Crippen molar-refractivity contribution in [2.45, 2.75) is 363 Å². The van der Waals surface area contributed by atoms with Gasteiger partial charge in [-0.15, -0.1) is 0 Å². The van der Waals surface area contributed by atoms with Crippen LogP contribution in [0.5, 0.6) is 0 Å². The summed E-state index contributed by atoms with van der Waals surface area (Å²) in [7, 11) is -9.90. The zero-order valence-corrected chi connectivity index (χ0v) is 59.8. The van der Waals surface area contributed by atoms with Crippen molar-refractivity contribution >= 4 is 39.5 Å². The number of phosphoric acid groups is 2. The lowest BCUT2D eigenvalue weighted by molar-refractivity contribution is -0.161. The van der Waals surface area contributed by atoms with E-state index < -0.39 is 97.5 Å². The van der Waals surface area contributed by atoms with Gasteiger partial charge in [-0.1, -0.05) is 293 Å². The Morgan fingerprint density at radius 3 is 0.798 bits per heavy atom. The molecule has 17 nitrogen and oxygen atoms in total. The van der Waals surface area contributed by atoms with Crippen LogP contribution in [0.15, 0.2) is 0 Å². The Hall–Kier alpha value is -1.94. The van der Waals surface area contributed by atoms with E-state index in [9.17, 15) is 43.2 Å². The van der Waals surface area contributed by atoms with Gasteiger partial charge in [-0.25, -0.2) is 9.13 Å². The summed E-state index contributed by atoms with van der Waals surface area (Å²) in [6.45, 7) is 14.1. The number of hydrogen-bond acceptors (Lipinski definition) is 15. The van der Waals surface area contributed by atoms with Crippen LogP contribution in [0.4, 0.5) is 0 Å². The molecule has 89 heavy (non-hydrogen) atoms. The number of rotatable bonds is 67. The van der Waals surface area contributed by atoms with Crippen molar-refractivity contribution in [1.82, 2.24) is 0 Å². The van der Waals surface area contributed by atoms with E-state index in [2.05, 4.69) is 55.4 Å². The maximum Gasteiger partial charge on any atom is 0.472 e. The Morgan fingerprint density at radius 1 is 0.315 bits per heavy atom. The van der Waals surface area contributed by atoms with E-state index in [-0.39, 0.29) is 25.7 Å². The molecule has 0 amide bonds. The van der Waals surface area contributed by atoms with Crippen LogP contribution < -0.4 is 0 Å². The van der Waals surface area contributed by atoms with Crippen molar-refractivity contribution in [2.75, 3.05) is 39.6 Å². The highest BCUT2D eigenvalue weighted by atomic mass is 31.2. The minimum absolute atomic E-state index is 0.104. The van der Waals surface area contributed by atoms with Crippen LogP contribution in [-0.4, -0.2) is 96.7 Å². The molecule has 0 spiro atoms. The van der Waals surface area contributed by atoms with Gasteiger partial charge in [0.2, 0.25) is 0 Å². The SMILES string of the molecule is CCC(C)CCCCCCCCCCC(=O)O[C@H](COC(=O)CCCCCCCCC(C)CC)COP(=O)(O)OC[C@H](O)COP(=O)(O)OC[C@@H](COC(=O)CCCCCCCCCCC(C)C)OC(=O)CCCCCCCCCCCCCCCC(C)C. The predicted octanol–water partition coefficient (Wildman–Crippen LogP) is 19.7. The van der Waals surface area contributed by atoms with Gasteiger partial charge in [-0.2, -0.15) is 0 Å². The second-order valence-corrected chi connectivity index (χ2v) is 29.6. The molecule has 0 saturated carbocycles. The summed E-state index contributed by atoms with van der Waals surface area (Å²) in [5, 5.41) is 10.6. The number of carbonyl (C=O) groups is 4. The minimum atomic E-state index is -4.95. The van der Waals surface area contributed by atoms with Gasteiger partial charge in [0, 0.05) is 25.7 Å². The normalized spacial score (nSPS) is 14.9. The van der Waals surface area contributed by atoms with E-state index in [0.717, 1.165) is 120 Å². The molecule has 0 aliphatic heterocycles. The van der Waals surface area contributed by atoms with Crippen molar-refractivity contribution in [1.29, 1.82) is 0 Å². The largest absolute Gasteiger partial charge is 0.472 e. The molecule has 0 aliphatic rings. The topological polar surface area (TPSA) is 237 Å². The number of esters is 4. The van der Waals surface area contributed by atoms with Crippen LogP contribution in [0.3, 0.4) is 0 Å². The van der Waals surface area contributed by atoms with Gasteiger partial charge in [0.15, 0.2) is 12.2 Å². The molecule has 0 radical (unpaired) electrons. The molecule has 19 heteroatoms. The summed E-state index contributed by atoms with van der Waals surface area (Å²) in [6.07, 6.45) is 41.7. The number of phosphoric ester groups is 2. The molecule has 0 aliphatic carbocycles. The Kier molecular flexibility index (Phi) is 58.5. The molecule has 0 heterocycles. The summed E-state index contributed by atoms with van der Waals surface area (Å²) in [4.78, 5) is 72.5. The summed E-state index contributed by atoms with van der Waals surface area (Å²) in [5.41, 5.74) is 0. The lowest BCUT2D eigenvalue weighted by Crippen LogP contribution is -2.30. The van der Waals surface area contributed by atoms with Crippen molar-refractivity contribution in [3.05, 3.63) is 0 Å². The van der Waals surface area contributed by atoms with Crippen molar-refractivity contribution < 1.29 is 80.2 Å². The molecular weight excluding hydrogens is 1170 g/mol. The molecule has 0 aromatic carbocycles. The monoisotopic (exact) mass is 1310 g/mol. The van der Waals surface area contributed by atoms with Gasteiger partial charge >= 0.3 is 39.5 Å². The first-order chi connectivity index (χ1) is 42.7. The maximum absolute atomic E-state index is 13.0. The smallest absolute Gasteiger partial charge is 0.462 e. The number of hydrogen-bond donors (Lipinski definition) is 3. The fraction of sp³-hybridized carbons (Fsp3) is 0.943. The number of carbonyl (C=O) groups excluding carboxylic acids is 4. The average Bonchev–Trinajstić information content (AvgIpc) is 3.54. The van der Waals surface area contributed by atoms with E-state index in [4.69, 9.17) is 37.0 Å². The van der Waals surface area contributed by atoms with Gasteiger partial charge in [0.25, 0.3) is 0 Å². The molecular formula is C70H136O17P2. The average molecular weight is 1310 g/mol. The third-order valence-corrected chi connectivity index (χ3v) is 18.7. The zero-order chi connectivity index (χ0) is 66.1. The second kappa shape index (κ2) is 59.8. The Balaban J connectivity index is 5.26. The zero-order valence-electron chi connectivity index (χ0n) is 58.1. The molecule has 0 aromatic rings. The quantitative estimate of drug-likeness (QED) is 0.0222. The van der Waals surface area contributed by atoms with E-state index in [1.54, 1.807) is 0 Å². The molecule has 0 saturated heterocycles. The van der Waals surface area contributed by atoms with Crippen LogP contribution in [0.1, 0.15) is 344 Å². The fourth-order valence-electron chi connectivity index (χ4n) is 10.4. The molecule has 7 atom stereocenters. The minimum Gasteiger partial charge on any atom is -0.462 e. The Labute approximate surface area is 543 Å². The van der Waals surface area contributed by atoms with Crippen molar-refractivity contribution in [2.24, 2.45) is 23.7 Å². The second-order valence-electron chi connectivity index (χ2n) is 26.7. The van der Waals surface area contributed by atoms with E-state index in [1.807, 2.05) is 0 Å². The highest BCUT2D eigenvalue weighted by molar-refractivity contribution is 7.47. The van der Waals surface area contributed by atoms with Crippen LogP contribution >= 0.6 is 15.6 Å². The number of aliphatic hydroxyl groups excluding tert-OH is 1. The number of unbranched alkanes of at least 4 members (excludes halogenated alkanes) is 31. The lowest BCUT2D eigenvalue weighted by atomic mass is 9.99. The molecule has 0 bridgehead atoms. The van der Waals surface area contributed by atoms with Gasteiger partial charge in [0.05, 0.1) is 26.4 Å². The fourth-order valence-corrected chi connectivity index (χ4v) is 12.0. The van der Waals surface area contributed by atoms with E-state index >= 15 is 0 Å². The van der Waals surface area contributed by atoms with E-state index in [0.29, 0.717) is 25.7 Å². The van der Waals surface area contributed by atoms with Crippen LogP contribution in [0.25, 0.3) is 0 Å². The summed E-state index contributed by atoms with van der Waals surface area (Å²) in [6, 6.07) is 0. The van der Waals surface area contributed by atoms with Crippen molar-refractivity contribution in [3.8, 4) is 0 Å². The highest BCUT2D eigenvalue weighted by Crippen LogP contribution is 2.45. The molecule has 0 fully saturated rings. The van der Waals surface area contributed by atoms with Crippen LogP contribution in [0.2, 0.25) is 0 Å². The third-order valence-electron chi connectivity index (χ3n) is 16.8. The molecule has 0 rings (SSSR count). The van der Waals surface area contributed by atoms with Gasteiger partial charge in [-0.05, 0) is 49.4 Å². The van der Waals surface area contributed by atoms with E-state index in [1.165, 1.54) is 141 Å². The highest BCUT2D eigenvalue weighted by Gasteiger charge is 2.30. The van der Waals surface area contributed by atoms with Gasteiger partial charge in [0.1, 0.15) is 19.3 Å². The number of ether oxygens (including phenoxy) is 4. The number of aliphatic hydroxyl groups is 1. The summed E-state index contributed by atoms with van der Waals surface area (Å²) >= 11 is 0. The van der Waals surface area contributed by atoms with Crippen LogP contribution in [-0.2, 0) is 65.4 Å². The predicted molar refractivity (Wildman–Crippen MR) is 358 cm³/mol. The van der Waals surface area contributed by atoms with Gasteiger partial charge < -0.3 is 33.8 Å².